The SMILES string of the molecule is Cn1ncc(NC(=O)c2ccc(F)c(-c3c(F)cc(C4(F)CCOCC4)cc3F)n2)c1C1CCC(N)C(F)CO1. The van der Waals surface area contributed by atoms with Crippen molar-refractivity contribution in [2.75, 3.05) is 25.1 Å². The molecule has 3 aromatic rings. The van der Waals surface area contributed by atoms with Crippen LogP contribution in [0.1, 0.15) is 53.5 Å². The number of pyridine rings is 1. The second-order valence-electron chi connectivity index (χ2n) is 10.0. The van der Waals surface area contributed by atoms with Crippen LogP contribution in [0.5, 0.6) is 0 Å². The second kappa shape index (κ2) is 11.2. The van der Waals surface area contributed by atoms with Crippen molar-refractivity contribution in [1.82, 2.24) is 14.8 Å². The Morgan fingerprint density at radius 1 is 1.12 bits per heavy atom. The van der Waals surface area contributed by atoms with Gasteiger partial charge >= 0.3 is 0 Å². The molecule has 0 aliphatic carbocycles. The summed E-state index contributed by atoms with van der Waals surface area (Å²) < 4.78 is 86.6. The van der Waals surface area contributed by atoms with E-state index in [0.29, 0.717) is 18.5 Å². The summed E-state index contributed by atoms with van der Waals surface area (Å²) in [5, 5.41) is 6.75. The lowest BCUT2D eigenvalue weighted by Crippen LogP contribution is -2.32. The van der Waals surface area contributed by atoms with Gasteiger partial charge in [0.15, 0.2) is 0 Å². The van der Waals surface area contributed by atoms with E-state index in [1.165, 1.54) is 10.9 Å². The van der Waals surface area contributed by atoms with Gasteiger partial charge in [-0.1, -0.05) is 0 Å². The molecule has 8 nitrogen and oxygen atoms in total. The van der Waals surface area contributed by atoms with E-state index in [-0.39, 0.29) is 49.6 Å². The molecule has 0 saturated carbocycles. The van der Waals surface area contributed by atoms with Crippen LogP contribution in [0, 0.1) is 17.5 Å². The molecular weight excluding hydrogens is 537 g/mol. The average Bonchev–Trinajstić information content (AvgIpc) is 3.19. The van der Waals surface area contributed by atoms with Gasteiger partial charge in [0.2, 0.25) is 0 Å². The van der Waals surface area contributed by atoms with Gasteiger partial charge in [0.1, 0.15) is 46.8 Å². The Balaban J connectivity index is 1.42. The molecule has 3 unspecified atom stereocenters. The third-order valence-electron chi connectivity index (χ3n) is 7.38. The highest BCUT2D eigenvalue weighted by Gasteiger charge is 2.36. The Labute approximate surface area is 226 Å². The third kappa shape index (κ3) is 5.45. The number of carbonyl (C=O) groups is 1. The highest BCUT2D eigenvalue weighted by atomic mass is 19.2. The van der Waals surface area contributed by atoms with Crippen molar-refractivity contribution in [3.05, 3.63) is 64.9 Å². The summed E-state index contributed by atoms with van der Waals surface area (Å²) in [6.07, 6.45) is 0.00134. The summed E-state index contributed by atoms with van der Waals surface area (Å²) >= 11 is 0. The van der Waals surface area contributed by atoms with Gasteiger partial charge in [0.05, 0.1) is 29.7 Å². The fourth-order valence-electron chi connectivity index (χ4n) is 5.05. The van der Waals surface area contributed by atoms with Crippen molar-refractivity contribution < 1.29 is 36.2 Å². The fourth-order valence-corrected chi connectivity index (χ4v) is 5.05. The standard InChI is InChI=1S/C27H28F5N5O3/c1-37-25(22-5-3-19(33)18(31)13-40-22)21(12-34-37)36-26(38)20-4-2-15(28)24(35-20)23-16(29)10-14(11-17(23)30)27(32)6-8-39-9-7-27/h2,4,10-12,18-19,22H,3,5-9,13,33H2,1H3,(H,36,38). The Morgan fingerprint density at radius 3 is 2.52 bits per heavy atom. The molecule has 1 amide bonds. The minimum absolute atomic E-state index is 0.0725. The lowest BCUT2D eigenvalue weighted by Gasteiger charge is -2.30. The van der Waals surface area contributed by atoms with Crippen LogP contribution >= 0.6 is 0 Å². The van der Waals surface area contributed by atoms with Crippen LogP contribution < -0.4 is 11.1 Å². The first-order valence-corrected chi connectivity index (χ1v) is 12.8. The zero-order valence-corrected chi connectivity index (χ0v) is 21.6. The highest BCUT2D eigenvalue weighted by Crippen LogP contribution is 2.39. The molecule has 2 aliphatic heterocycles. The second-order valence-corrected chi connectivity index (χ2v) is 10.0. The summed E-state index contributed by atoms with van der Waals surface area (Å²) in [5.74, 6) is -4.32. The van der Waals surface area contributed by atoms with Crippen molar-refractivity contribution in [3.8, 4) is 11.3 Å². The van der Waals surface area contributed by atoms with Gasteiger partial charge in [-0.2, -0.15) is 5.10 Å². The maximum Gasteiger partial charge on any atom is 0.274 e. The number of ether oxygens (including phenoxy) is 2. The molecular formula is C27H28F5N5O3. The highest BCUT2D eigenvalue weighted by molar-refractivity contribution is 6.03. The molecule has 0 spiro atoms. The van der Waals surface area contributed by atoms with Crippen LogP contribution in [0.3, 0.4) is 0 Å². The summed E-state index contributed by atoms with van der Waals surface area (Å²) in [6.45, 7) is -0.0188. The lowest BCUT2D eigenvalue weighted by molar-refractivity contribution is -0.0117. The lowest BCUT2D eigenvalue weighted by atomic mass is 9.87. The zero-order chi connectivity index (χ0) is 28.6. The predicted molar refractivity (Wildman–Crippen MR) is 134 cm³/mol. The number of nitrogens with one attached hydrogen (secondary N) is 1. The quantitative estimate of drug-likeness (QED) is 0.437. The van der Waals surface area contributed by atoms with Crippen LogP contribution in [0.2, 0.25) is 0 Å². The number of alkyl halides is 2. The first-order valence-electron chi connectivity index (χ1n) is 12.8. The van der Waals surface area contributed by atoms with Crippen molar-refractivity contribution in [2.45, 2.75) is 49.7 Å². The number of hydrogen-bond acceptors (Lipinski definition) is 6. The average molecular weight is 566 g/mol. The van der Waals surface area contributed by atoms with E-state index >= 15 is 13.2 Å². The molecule has 0 bridgehead atoms. The maximum atomic E-state index is 15.3. The molecule has 40 heavy (non-hydrogen) atoms. The van der Waals surface area contributed by atoms with Crippen molar-refractivity contribution in [3.63, 3.8) is 0 Å². The Bertz CT molecular complexity index is 1380. The molecule has 13 heteroatoms. The first kappa shape index (κ1) is 28.1. The predicted octanol–water partition coefficient (Wildman–Crippen LogP) is 4.64. The van der Waals surface area contributed by atoms with Gasteiger partial charge in [-0.15, -0.1) is 0 Å². The molecule has 5 rings (SSSR count). The van der Waals surface area contributed by atoms with Gasteiger partial charge in [-0.25, -0.2) is 26.9 Å². The van der Waals surface area contributed by atoms with Gasteiger partial charge < -0.3 is 20.5 Å². The Morgan fingerprint density at radius 2 is 1.82 bits per heavy atom. The minimum atomic E-state index is -1.98. The third-order valence-corrected chi connectivity index (χ3v) is 7.38. The maximum absolute atomic E-state index is 15.3. The Kier molecular flexibility index (Phi) is 7.89. The van der Waals surface area contributed by atoms with E-state index in [0.717, 1.165) is 24.3 Å². The largest absolute Gasteiger partial charge is 0.381 e. The van der Waals surface area contributed by atoms with E-state index in [1.54, 1.807) is 7.05 Å². The van der Waals surface area contributed by atoms with Crippen LogP contribution in [0.15, 0.2) is 30.5 Å². The molecule has 2 saturated heterocycles. The molecule has 2 fully saturated rings. The van der Waals surface area contributed by atoms with Crippen molar-refractivity contribution in [2.24, 2.45) is 12.8 Å². The Hall–Kier alpha value is -3.42. The van der Waals surface area contributed by atoms with E-state index in [4.69, 9.17) is 15.2 Å². The molecule has 4 heterocycles. The fraction of sp³-hybridized carbons (Fsp3) is 0.444. The molecule has 2 aromatic heterocycles. The topological polar surface area (TPSA) is 104 Å². The van der Waals surface area contributed by atoms with E-state index in [2.05, 4.69) is 15.4 Å². The van der Waals surface area contributed by atoms with Gasteiger partial charge in [-0.3, -0.25) is 9.48 Å². The number of anilines is 1. The van der Waals surface area contributed by atoms with Crippen LogP contribution in [0.25, 0.3) is 11.3 Å². The number of amides is 1. The smallest absolute Gasteiger partial charge is 0.274 e. The summed E-state index contributed by atoms with van der Waals surface area (Å²) in [5.41, 5.74) is 2.41. The number of aryl methyl sites for hydroxylation is 1. The number of aromatic nitrogens is 3. The number of nitrogens with zero attached hydrogens (tertiary/aromatic N) is 3. The molecule has 1 aromatic carbocycles. The van der Waals surface area contributed by atoms with Gasteiger partial charge in [0.25, 0.3) is 5.91 Å². The summed E-state index contributed by atoms with van der Waals surface area (Å²) in [6, 6.07) is 2.88. The van der Waals surface area contributed by atoms with E-state index in [9.17, 15) is 13.6 Å². The minimum Gasteiger partial charge on any atom is -0.381 e. The zero-order valence-electron chi connectivity index (χ0n) is 21.6. The van der Waals surface area contributed by atoms with Gasteiger partial charge in [0, 0.05) is 39.1 Å². The molecule has 0 radical (unpaired) electrons. The number of benzene rings is 1. The van der Waals surface area contributed by atoms with Crippen LogP contribution in [-0.2, 0) is 22.2 Å². The summed E-state index contributed by atoms with van der Waals surface area (Å²) in [4.78, 5) is 17.0. The van der Waals surface area contributed by atoms with Crippen molar-refractivity contribution >= 4 is 11.6 Å². The van der Waals surface area contributed by atoms with Crippen molar-refractivity contribution in [1.29, 1.82) is 0 Å². The summed E-state index contributed by atoms with van der Waals surface area (Å²) in [7, 11) is 1.62. The number of nitrogens with two attached hydrogens (primary N) is 1. The van der Waals surface area contributed by atoms with E-state index < -0.39 is 58.6 Å². The van der Waals surface area contributed by atoms with Crippen LogP contribution in [-0.4, -0.2) is 52.7 Å². The van der Waals surface area contributed by atoms with Crippen LogP contribution in [0.4, 0.5) is 27.6 Å². The number of rotatable bonds is 5. The molecule has 3 atom stereocenters. The first-order chi connectivity index (χ1) is 19.1. The number of hydrogen-bond donors (Lipinski definition) is 2. The number of halogens is 5. The normalized spacial score (nSPS) is 23.0. The molecule has 3 N–H and O–H groups in total. The number of carbonyl (C=O) groups excluding carboxylic acids is 1. The monoisotopic (exact) mass is 565 g/mol. The van der Waals surface area contributed by atoms with E-state index in [1.807, 2.05) is 0 Å². The molecule has 214 valence electrons. The molecule has 2 aliphatic rings. The van der Waals surface area contributed by atoms with Gasteiger partial charge in [-0.05, 0) is 42.7 Å².